The molecule has 1 nitrogen and oxygen atoms in total. The zero-order valence-electron chi connectivity index (χ0n) is 11.6. The molecule has 0 amide bonds. The SMILES string of the molecule is CCC.CN1C(C)(C)CC(S)CC1(C)C. The number of likely N-dealkylation sites (tertiary alicyclic amines) is 1. The molecule has 0 spiro atoms. The van der Waals surface area contributed by atoms with E-state index in [-0.39, 0.29) is 0 Å². The lowest BCUT2D eigenvalue weighted by molar-refractivity contribution is 0.00161. The molecule has 1 aliphatic heterocycles. The van der Waals surface area contributed by atoms with Gasteiger partial charge in [-0.3, -0.25) is 4.90 Å². The molecule has 0 bridgehead atoms. The molecule has 0 N–H and O–H groups in total. The molecule has 1 rings (SSSR count). The molecule has 92 valence electrons. The summed E-state index contributed by atoms with van der Waals surface area (Å²) in [5.41, 5.74) is 0.600. The van der Waals surface area contributed by atoms with Gasteiger partial charge in [0.25, 0.3) is 0 Å². The summed E-state index contributed by atoms with van der Waals surface area (Å²) in [4.78, 5) is 2.48. The Bertz CT molecular complexity index is 169. The van der Waals surface area contributed by atoms with Crippen LogP contribution in [0.25, 0.3) is 0 Å². The Labute approximate surface area is 102 Å². The third kappa shape index (κ3) is 4.36. The molecule has 0 unspecified atom stereocenters. The van der Waals surface area contributed by atoms with Crippen molar-refractivity contribution in [3.63, 3.8) is 0 Å². The predicted molar refractivity (Wildman–Crippen MR) is 73.9 cm³/mol. The summed E-state index contributed by atoms with van der Waals surface area (Å²) < 4.78 is 0. The predicted octanol–water partition coefficient (Wildman–Crippen LogP) is 3.98. The lowest BCUT2D eigenvalue weighted by Crippen LogP contribution is -2.58. The van der Waals surface area contributed by atoms with Crippen LogP contribution in [0.1, 0.15) is 60.8 Å². The van der Waals surface area contributed by atoms with Crippen LogP contribution in [0, 0.1) is 0 Å². The number of nitrogens with zero attached hydrogens (tertiary/aromatic N) is 1. The fourth-order valence-corrected chi connectivity index (χ4v) is 3.21. The molecule has 0 aliphatic carbocycles. The molecule has 1 fully saturated rings. The van der Waals surface area contributed by atoms with E-state index in [0.29, 0.717) is 16.3 Å². The maximum Gasteiger partial charge on any atom is 0.0165 e. The van der Waals surface area contributed by atoms with E-state index < -0.39 is 0 Å². The van der Waals surface area contributed by atoms with Crippen LogP contribution >= 0.6 is 12.6 Å². The summed E-state index contributed by atoms with van der Waals surface area (Å²) in [6.45, 7) is 13.5. The Morgan fingerprint density at radius 2 is 1.33 bits per heavy atom. The maximum absolute atomic E-state index is 4.60. The van der Waals surface area contributed by atoms with Crippen LogP contribution < -0.4 is 0 Å². The molecule has 1 saturated heterocycles. The van der Waals surface area contributed by atoms with E-state index in [2.05, 4.69) is 66.1 Å². The van der Waals surface area contributed by atoms with Gasteiger partial charge in [0.2, 0.25) is 0 Å². The number of hydrogen-bond donors (Lipinski definition) is 1. The smallest absolute Gasteiger partial charge is 0.0165 e. The molecule has 0 radical (unpaired) electrons. The minimum Gasteiger partial charge on any atom is -0.296 e. The summed E-state index contributed by atoms with van der Waals surface area (Å²) in [5, 5.41) is 0.561. The summed E-state index contributed by atoms with van der Waals surface area (Å²) in [6.07, 6.45) is 3.63. The highest BCUT2D eigenvalue weighted by Gasteiger charge is 2.41. The lowest BCUT2D eigenvalue weighted by Gasteiger charge is -2.52. The maximum atomic E-state index is 4.60. The first kappa shape index (κ1) is 15.3. The fraction of sp³-hybridized carbons (Fsp3) is 1.00. The van der Waals surface area contributed by atoms with Crippen LogP contribution in [0.15, 0.2) is 0 Å². The van der Waals surface area contributed by atoms with Gasteiger partial charge in [-0.2, -0.15) is 12.6 Å². The lowest BCUT2D eigenvalue weighted by atomic mass is 9.80. The molecular formula is C13H29NS. The van der Waals surface area contributed by atoms with Crippen LogP contribution in [0.2, 0.25) is 0 Å². The molecule has 0 saturated carbocycles. The topological polar surface area (TPSA) is 3.24 Å². The van der Waals surface area contributed by atoms with Crippen molar-refractivity contribution < 1.29 is 0 Å². The van der Waals surface area contributed by atoms with E-state index in [1.165, 1.54) is 19.3 Å². The van der Waals surface area contributed by atoms with Crippen LogP contribution in [0.5, 0.6) is 0 Å². The van der Waals surface area contributed by atoms with Crippen molar-refractivity contribution >= 4 is 12.6 Å². The van der Waals surface area contributed by atoms with Gasteiger partial charge in [-0.1, -0.05) is 20.3 Å². The van der Waals surface area contributed by atoms with Gasteiger partial charge in [0.1, 0.15) is 0 Å². The molecule has 15 heavy (non-hydrogen) atoms. The van der Waals surface area contributed by atoms with Gasteiger partial charge >= 0.3 is 0 Å². The van der Waals surface area contributed by atoms with Crippen molar-refractivity contribution in [2.45, 2.75) is 77.1 Å². The molecule has 0 atom stereocenters. The van der Waals surface area contributed by atoms with E-state index in [1.54, 1.807) is 0 Å². The van der Waals surface area contributed by atoms with Gasteiger partial charge in [0.15, 0.2) is 0 Å². The Morgan fingerprint density at radius 1 is 1.07 bits per heavy atom. The van der Waals surface area contributed by atoms with Crippen molar-refractivity contribution in [3.05, 3.63) is 0 Å². The van der Waals surface area contributed by atoms with Gasteiger partial charge in [-0.05, 0) is 47.6 Å². The molecular weight excluding hydrogens is 202 g/mol. The zero-order valence-corrected chi connectivity index (χ0v) is 12.5. The third-order valence-corrected chi connectivity index (χ3v) is 3.65. The Kier molecular flexibility index (Phi) is 5.70. The van der Waals surface area contributed by atoms with E-state index >= 15 is 0 Å². The highest BCUT2D eigenvalue weighted by atomic mass is 32.1. The third-order valence-electron chi connectivity index (χ3n) is 3.29. The first-order chi connectivity index (χ1) is 6.67. The van der Waals surface area contributed by atoms with E-state index in [9.17, 15) is 0 Å². The Morgan fingerprint density at radius 3 is 1.60 bits per heavy atom. The number of hydrogen-bond acceptors (Lipinski definition) is 2. The second-order valence-corrected chi connectivity index (χ2v) is 6.68. The highest BCUT2D eigenvalue weighted by Crippen LogP contribution is 2.38. The van der Waals surface area contributed by atoms with Gasteiger partial charge in [-0.15, -0.1) is 0 Å². The van der Waals surface area contributed by atoms with Crippen molar-refractivity contribution in [2.24, 2.45) is 0 Å². The molecule has 1 heterocycles. The minimum absolute atomic E-state index is 0.300. The van der Waals surface area contributed by atoms with Crippen LogP contribution in [-0.4, -0.2) is 28.3 Å². The quantitative estimate of drug-likeness (QED) is 0.617. The Balaban J connectivity index is 0.000000583. The van der Waals surface area contributed by atoms with Crippen molar-refractivity contribution in [1.82, 2.24) is 4.90 Å². The van der Waals surface area contributed by atoms with Crippen molar-refractivity contribution in [2.75, 3.05) is 7.05 Å². The largest absolute Gasteiger partial charge is 0.296 e. The Hall–Kier alpha value is 0.310. The van der Waals surface area contributed by atoms with Crippen LogP contribution in [0.4, 0.5) is 0 Å². The van der Waals surface area contributed by atoms with Gasteiger partial charge in [-0.25, -0.2) is 0 Å². The zero-order chi connectivity index (χ0) is 12.3. The van der Waals surface area contributed by atoms with E-state index in [1.807, 2.05) is 0 Å². The second kappa shape index (κ2) is 5.58. The van der Waals surface area contributed by atoms with Crippen molar-refractivity contribution in [3.8, 4) is 0 Å². The highest BCUT2D eigenvalue weighted by molar-refractivity contribution is 7.80. The second-order valence-electron chi connectivity index (χ2n) is 5.95. The summed E-state index contributed by atoms with van der Waals surface area (Å²) in [6, 6.07) is 0. The number of piperidine rings is 1. The molecule has 1 aliphatic rings. The van der Waals surface area contributed by atoms with Gasteiger partial charge in [0.05, 0.1) is 0 Å². The summed E-state index contributed by atoms with van der Waals surface area (Å²) in [7, 11) is 2.22. The molecule has 0 aromatic heterocycles. The van der Waals surface area contributed by atoms with Crippen LogP contribution in [-0.2, 0) is 0 Å². The molecule has 0 aromatic carbocycles. The number of thiol groups is 1. The van der Waals surface area contributed by atoms with Crippen LogP contribution in [0.3, 0.4) is 0 Å². The van der Waals surface area contributed by atoms with E-state index in [0.717, 1.165) is 0 Å². The number of rotatable bonds is 0. The standard InChI is InChI=1S/C10H21NS.C3H8/c1-9(2)6-8(12)7-10(3,4)11(9)5;1-3-2/h8,12H,6-7H2,1-5H3;3H2,1-2H3. The first-order valence-electron chi connectivity index (χ1n) is 6.09. The van der Waals surface area contributed by atoms with Crippen molar-refractivity contribution in [1.29, 1.82) is 0 Å². The first-order valence-corrected chi connectivity index (χ1v) is 6.61. The van der Waals surface area contributed by atoms with Gasteiger partial charge in [0, 0.05) is 16.3 Å². The van der Waals surface area contributed by atoms with E-state index in [4.69, 9.17) is 0 Å². The molecule has 0 aromatic rings. The summed E-state index contributed by atoms with van der Waals surface area (Å²) in [5.74, 6) is 0. The van der Waals surface area contributed by atoms with Gasteiger partial charge < -0.3 is 0 Å². The minimum atomic E-state index is 0.300. The summed E-state index contributed by atoms with van der Waals surface area (Å²) >= 11 is 4.60. The average Bonchev–Trinajstić information content (AvgIpc) is 1.99. The monoisotopic (exact) mass is 231 g/mol. The fourth-order valence-electron chi connectivity index (χ4n) is 2.32. The average molecular weight is 231 g/mol. The molecule has 2 heteroatoms. The normalized spacial score (nSPS) is 25.6.